The van der Waals surface area contributed by atoms with Crippen LogP contribution in [0.3, 0.4) is 0 Å². The van der Waals surface area contributed by atoms with Gasteiger partial charge in [-0.05, 0) is 33.6 Å². The monoisotopic (exact) mass is 402 g/mol. The lowest BCUT2D eigenvalue weighted by atomic mass is 10.1. The smallest absolute Gasteiger partial charge is 0.310 e. The minimum absolute atomic E-state index is 0.0716. The molecule has 1 heterocycles. The van der Waals surface area contributed by atoms with E-state index in [0.29, 0.717) is 25.4 Å². The molecule has 0 saturated carbocycles. The topological polar surface area (TPSA) is 82.3 Å². The first kappa shape index (κ1) is 14.9. The predicted molar refractivity (Wildman–Crippen MR) is 79.5 cm³/mol. The van der Waals surface area contributed by atoms with Crippen LogP contribution in [0.1, 0.15) is 5.56 Å². The van der Waals surface area contributed by atoms with Crippen molar-refractivity contribution in [2.24, 2.45) is 0 Å². The second-order valence-electron chi connectivity index (χ2n) is 3.93. The first-order valence-electron chi connectivity index (χ1n) is 5.42. The number of pyridine rings is 1. The highest BCUT2D eigenvalue weighted by molar-refractivity contribution is 9.11. The molecule has 0 N–H and O–H groups in total. The van der Waals surface area contributed by atoms with Gasteiger partial charge in [0.1, 0.15) is 10.7 Å². The van der Waals surface area contributed by atoms with Crippen molar-refractivity contribution >= 4 is 54.4 Å². The molecule has 6 nitrogen and oxygen atoms in total. The number of benzene rings is 1. The normalized spacial score (nSPS) is 10.6. The molecular formula is C12H8Br2N2O4. The molecule has 20 heavy (non-hydrogen) atoms. The van der Waals surface area contributed by atoms with Crippen molar-refractivity contribution in [1.82, 2.24) is 4.98 Å². The van der Waals surface area contributed by atoms with Gasteiger partial charge in [0.25, 0.3) is 0 Å². The number of nitrogens with zero attached hydrogens (tertiary/aromatic N) is 2. The molecule has 1 aromatic heterocycles. The van der Waals surface area contributed by atoms with E-state index in [9.17, 15) is 14.9 Å². The van der Waals surface area contributed by atoms with Gasteiger partial charge in [-0.25, -0.2) is 4.98 Å². The number of ether oxygens (including phenoxy) is 1. The van der Waals surface area contributed by atoms with Gasteiger partial charge in [-0.1, -0.05) is 15.9 Å². The molecule has 8 heteroatoms. The standard InChI is InChI=1S/C12H8Br2N2O4/c1-20-11(17)3-6-2-7-9(4-8(6)13)15-5-10(12(7)14)16(18)19/h2,4-5H,3H2,1H3. The molecule has 0 bridgehead atoms. The van der Waals surface area contributed by atoms with Crippen LogP contribution in [0.25, 0.3) is 10.9 Å². The fraction of sp³-hybridized carbons (Fsp3) is 0.167. The number of halogens is 2. The summed E-state index contributed by atoms with van der Waals surface area (Å²) in [7, 11) is 1.31. The van der Waals surface area contributed by atoms with Crippen molar-refractivity contribution in [3.63, 3.8) is 0 Å². The number of nitro groups is 1. The van der Waals surface area contributed by atoms with Crippen molar-refractivity contribution in [3.8, 4) is 0 Å². The fourth-order valence-corrected chi connectivity index (χ4v) is 2.74. The van der Waals surface area contributed by atoms with Crippen molar-refractivity contribution in [3.05, 3.63) is 43.0 Å². The van der Waals surface area contributed by atoms with Crippen LogP contribution in [0, 0.1) is 10.1 Å². The van der Waals surface area contributed by atoms with Gasteiger partial charge < -0.3 is 4.74 Å². The van der Waals surface area contributed by atoms with E-state index in [1.165, 1.54) is 13.3 Å². The Morgan fingerprint density at radius 1 is 1.45 bits per heavy atom. The summed E-state index contributed by atoms with van der Waals surface area (Å²) in [6.45, 7) is 0. The van der Waals surface area contributed by atoms with Gasteiger partial charge in [-0.2, -0.15) is 0 Å². The van der Waals surface area contributed by atoms with Crippen LogP contribution < -0.4 is 0 Å². The Morgan fingerprint density at radius 3 is 2.75 bits per heavy atom. The van der Waals surface area contributed by atoms with Crippen LogP contribution in [0.5, 0.6) is 0 Å². The Labute approximate surface area is 130 Å². The average molecular weight is 404 g/mol. The summed E-state index contributed by atoms with van der Waals surface area (Å²) >= 11 is 6.56. The van der Waals surface area contributed by atoms with Crippen LogP contribution in [-0.4, -0.2) is 23.0 Å². The zero-order valence-electron chi connectivity index (χ0n) is 10.2. The largest absolute Gasteiger partial charge is 0.469 e. The number of carbonyl (C=O) groups excluding carboxylic acids is 1. The molecule has 2 rings (SSSR count). The van der Waals surface area contributed by atoms with E-state index >= 15 is 0 Å². The Bertz CT molecular complexity index is 718. The van der Waals surface area contributed by atoms with E-state index in [2.05, 4.69) is 41.6 Å². The highest BCUT2D eigenvalue weighted by atomic mass is 79.9. The van der Waals surface area contributed by atoms with Gasteiger partial charge >= 0.3 is 11.7 Å². The number of methoxy groups -OCH3 is 1. The molecule has 0 aliphatic carbocycles. The Morgan fingerprint density at radius 2 is 2.15 bits per heavy atom. The van der Waals surface area contributed by atoms with Gasteiger partial charge in [0.15, 0.2) is 0 Å². The summed E-state index contributed by atoms with van der Waals surface area (Å²) in [6, 6.07) is 3.39. The van der Waals surface area contributed by atoms with Crippen molar-refractivity contribution in [2.75, 3.05) is 7.11 Å². The van der Waals surface area contributed by atoms with Crippen molar-refractivity contribution in [2.45, 2.75) is 6.42 Å². The number of hydrogen-bond acceptors (Lipinski definition) is 5. The Kier molecular flexibility index (Phi) is 4.34. The number of carbonyl (C=O) groups is 1. The molecule has 0 atom stereocenters. The van der Waals surface area contributed by atoms with Gasteiger partial charge in [0, 0.05) is 9.86 Å². The molecule has 0 saturated heterocycles. The zero-order valence-corrected chi connectivity index (χ0v) is 13.4. The number of hydrogen-bond donors (Lipinski definition) is 0. The van der Waals surface area contributed by atoms with Gasteiger partial charge in [-0.3, -0.25) is 14.9 Å². The van der Waals surface area contributed by atoms with Gasteiger partial charge in [-0.15, -0.1) is 0 Å². The minimum Gasteiger partial charge on any atom is -0.469 e. The maximum atomic E-state index is 11.4. The van der Waals surface area contributed by atoms with Crippen LogP contribution in [-0.2, 0) is 16.0 Å². The zero-order chi connectivity index (χ0) is 14.9. The van der Waals surface area contributed by atoms with Crippen LogP contribution >= 0.6 is 31.9 Å². The van der Waals surface area contributed by atoms with Crippen LogP contribution in [0.2, 0.25) is 0 Å². The molecule has 0 aliphatic heterocycles. The van der Waals surface area contributed by atoms with Gasteiger partial charge in [0.05, 0.1) is 24.0 Å². The number of rotatable bonds is 3. The van der Waals surface area contributed by atoms with Crippen LogP contribution in [0.4, 0.5) is 5.69 Å². The maximum absolute atomic E-state index is 11.4. The molecule has 0 aliphatic rings. The first-order valence-corrected chi connectivity index (χ1v) is 7.00. The van der Waals surface area contributed by atoms with E-state index in [1.807, 2.05) is 0 Å². The molecular weight excluding hydrogens is 396 g/mol. The third-order valence-electron chi connectivity index (χ3n) is 2.71. The average Bonchev–Trinajstić information content (AvgIpc) is 2.40. The SMILES string of the molecule is COC(=O)Cc1cc2c(Br)c([N+](=O)[O-])cnc2cc1Br. The summed E-state index contributed by atoms with van der Waals surface area (Å²) in [5.74, 6) is -0.389. The molecule has 0 amide bonds. The number of esters is 1. The molecule has 104 valence electrons. The highest BCUT2D eigenvalue weighted by Crippen LogP contribution is 2.34. The quantitative estimate of drug-likeness (QED) is 0.445. The van der Waals surface area contributed by atoms with E-state index in [-0.39, 0.29) is 18.1 Å². The lowest BCUT2D eigenvalue weighted by molar-refractivity contribution is -0.385. The second kappa shape index (κ2) is 5.84. The predicted octanol–water partition coefficient (Wildman–Crippen LogP) is 3.38. The molecule has 0 spiro atoms. The second-order valence-corrected chi connectivity index (χ2v) is 5.58. The third-order valence-corrected chi connectivity index (χ3v) is 4.28. The summed E-state index contributed by atoms with van der Waals surface area (Å²) < 4.78 is 5.65. The van der Waals surface area contributed by atoms with Crippen molar-refractivity contribution in [1.29, 1.82) is 0 Å². The third kappa shape index (κ3) is 2.80. The Balaban J connectivity index is 2.63. The van der Waals surface area contributed by atoms with E-state index < -0.39 is 4.92 Å². The lowest BCUT2D eigenvalue weighted by Crippen LogP contribution is -2.05. The Hall–Kier alpha value is -1.54. The van der Waals surface area contributed by atoms with Crippen molar-refractivity contribution < 1.29 is 14.5 Å². The van der Waals surface area contributed by atoms with E-state index in [4.69, 9.17) is 0 Å². The summed E-state index contributed by atoms with van der Waals surface area (Å²) in [4.78, 5) is 25.8. The number of fused-ring (bicyclic) bond motifs is 1. The minimum atomic E-state index is -0.515. The molecule has 1 aromatic carbocycles. The fourth-order valence-electron chi connectivity index (χ4n) is 1.71. The molecule has 0 unspecified atom stereocenters. The molecule has 2 aromatic rings. The summed E-state index contributed by atoms with van der Waals surface area (Å²) in [5.41, 5.74) is 1.14. The first-order chi connectivity index (χ1) is 9.43. The van der Waals surface area contributed by atoms with E-state index in [0.717, 1.165) is 0 Å². The summed E-state index contributed by atoms with van der Waals surface area (Å²) in [6.07, 6.45) is 1.26. The maximum Gasteiger partial charge on any atom is 0.310 e. The molecule has 0 radical (unpaired) electrons. The van der Waals surface area contributed by atoms with Crippen LogP contribution in [0.15, 0.2) is 27.3 Å². The lowest BCUT2D eigenvalue weighted by Gasteiger charge is -2.07. The molecule has 0 fully saturated rings. The van der Waals surface area contributed by atoms with Gasteiger partial charge in [0.2, 0.25) is 0 Å². The summed E-state index contributed by atoms with van der Waals surface area (Å²) in [5, 5.41) is 11.5. The number of aromatic nitrogens is 1. The van der Waals surface area contributed by atoms with E-state index in [1.54, 1.807) is 12.1 Å². The highest BCUT2D eigenvalue weighted by Gasteiger charge is 2.18.